The normalized spacial score (nSPS) is 18.3. The highest BCUT2D eigenvalue weighted by molar-refractivity contribution is 5.88. The van der Waals surface area contributed by atoms with Gasteiger partial charge in [0.1, 0.15) is 12.1 Å². The molecule has 4 aliphatic heterocycles. The Bertz CT molecular complexity index is 2770. The molecule has 0 aliphatic carbocycles. The number of nitrogens with two attached hydrogens (primary N) is 1. The predicted octanol–water partition coefficient (Wildman–Crippen LogP) is 11.8. The minimum absolute atomic E-state index is 0.00479. The highest BCUT2D eigenvalue weighted by atomic mass is 19.4. The number of piperidine rings is 4. The Kier molecular flexibility index (Phi) is 21.7. The molecule has 4 saturated heterocycles. The molecule has 436 valence electrons. The van der Waals surface area contributed by atoms with Crippen LogP contribution in [0, 0.1) is 13.8 Å². The fourth-order valence-corrected chi connectivity index (χ4v) is 12.6. The Morgan fingerprint density at radius 1 is 0.494 bits per heavy atom. The number of likely N-dealkylation sites (tertiary alicyclic amines) is 4. The summed E-state index contributed by atoms with van der Waals surface area (Å²) in [6.07, 6.45) is 3.30. The molecule has 2 N–H and O–H groups in total. The lowest BCUT2D eigenvalue weighted by atomic mass is 9.95. The van der Waals surface area contributed by atoms with E-state index in [0.717, 1.165) is 93.8 Å². The van der Waals surface area contributed by atoms with Crippen LogP contribution in [0.3, 0.4) is 0 Å². The molecule has 0 radical (unpaired) electrons. The summed E-state index contributed by atoms with van der Waals surface area (Å²) in [6, 6.07) is 37.5. The second-order valence-corrected chi connectivity index (χ2v) is 22.7. The van der Waals surface area contributed by atoms with Gasteiger partial charge < -0.3 is 25.3 Å². The number of aryl methyl sites for hydroxylation is 2. The zero-order valence-corrected chi connectivity index (χ0v) is 47.2. The van der Waals surface area contributed by atoms with Crippen LogP contribution in [0.1, 0.15) is 126 Å². The summed E-state index contributed by atoms with van der Waals surface area (Å²) < 4.78 is 80.7. The number of amides is 3. The van der Waals surface area contributed by atoms with E-state index in [0.29, 0.717) is 53.8 Å². The SMILES string of the molecule is Cc1cc(CCN(CC(N)=O)C(=O)C(c2ccccc2)N2CCC(N3CCCCC3)CC2)cc(C(F)(F)F)c1.Cc1cc(CCN(Cc2ccccc2)C(=O)C(c2ccccc2)N2CCC(N3CCCCC3)CC2)cc(C(F)(F)F)c1. The van der Waals surface area contributed by atoms with Gasteiger partial charge in [-0.05, 0) is 156 Å². The molecule has 0 saturated carbocycles. The van der Waals surface area contributed by atoms with Crippen LogP contribution >= 0.6 is 0 Å². The van der Waals surface area contributed by atoms with Gasteiger partial charge in [0, 0.05) is 57.9 Å². The first-order chi connectivity index (χ1) is 38.9. The van der Waals surface area contributed by atoms with Crippen molar-refractivity contribution in [3.8, 4) is 0 Å². The summed E-state index contributed by atoms with van der Waals surface area (Å²) in [5, 5.41) is 0. The number of hydrogen-bond donors (Lipinski definition) is 1. The van der Waals surface area contributed by atoms with Gasteiger partial charge in [-0.3, -0.25) is 24.2 Å². The molecule has 3 amide bonds. The Morgan fingerprint density at radius 3 is 1.25 bits per heavy atom. The van der Waals surface area contributed by atoms with Gasteiger partial charge in [0.15, 0.2) is 0 Å². The third-order valence-electron chi connectivity index (χ3n) is 16.7. The molecule has 0 aromatic heterocycles. The van der Waals surface area contributed by atoms with Gasteiger partial charge in [0.05, 0.1) is 17.7 Å². The molecule has 5 aromatic carbocycles. The first-order valence-electron chi connectivity index (χ1n) is 29.2. The number of halogens is 6. The summed E-state index contributed by atoms with van der Waals surface area (Å²) in [7, 11) is 0. The second kappa shape index (κ2) is 28.8. The van der Waals surface area contributed by atoms with Crippen molar-refractivity contribution in [2.75, 3.05) is 72.0 Å². The fourth-order valence-electron chi connectivity index (χ4n) is 12.6. The summed E-state index contributed by atoms with van der Waals surface area (Å²) in [5.41, 5.74) is 9.08. The van der Waals surface area contributed by atoms with Gasteiger partial charge >= 0.3 is 12.4 Å². The Labute approximate surface area is 475 Å². The maximum atomic E-state index is 14.5. The predicted molar refractivity (Wildman–Crippen MR) is 306 cm³/mol. The standard InChI is InChI=1S/C35H42F3N3O.C30H39F3N4O2/c1-27-23-29(25-31(24-27)35(36,37)38)15-20-41(26-28-11-5-2-6-12-28)34(42)33(30-13-7-3-8-14-30)40-21-16-32(17-22-40)39-18-9-4-10-19-39;1-22-18-23(20-25(19-22)30(31,32)33)10-15-37(21-27(34)38)29(39)28(24-8-4-2-5-9-24)36-16-11-26(12-17-36)35-13-6-3-7-14-35/h2-3,5-8,11-14,23-25,32-33H,4,9-10,15-22,26H2,1H3;2,4-5,8-9,18-20,26,28H,3,6-7,10-17,21H2,1H3,(H2,34,38). The lowest BCUT2D eigenvalue weighted by Gasteiger charge is -2.43. The molecule has 10 nitrogen and oxygen atoms in total. The van der Waals surface area contributed by atoms with E-state index in [1.807, 2.05) is 95.9 Å². The van der Waals surface area contributed by atoms with Gasteiger partial charge in [0.2, 0.25) is 17.7 Å². The lowest BCUT2D eigenvalue weighted by molar-refractivity contribution is -0.141. The topological polar surface area (TPSA) is 96.7 Å². The third-order valence-corrected chi connectivity index (χ3v) is 16.7. The first kappa shape index (κ1) is 61.0. The van der Waals surface area contributed by atoms with E-state index in [1.165, 1.54) is 68.6 Å². The number of carbonyl (C=O) groups excluding carboxylic acids is 3. The average molecular weight is 1120 g/mol. The Balaban J connectivity index is 0.000000213. The maximum Gasteiger partial charge on any atom is 0.416 e. The van der Waals surface area contributed by atoms with E-state index in [9.17, 15) is 40.7 Å². The number of primary amides is 1. The van der Waals surface area contributed by atoms with Gasteiger partial charge in [-0.2, -0.15) is 26.3 Å². The number of rotatable bonds is 18. The Hall–Kier alpha value is -6.07. The van der Waals surface area contributed by atoms with E-state index >= 15 is 0 Å². The minimum Gasteiger partial charge on any atom is -0.368 e. The van der Waals surface area contributed by atoms with Gasteiger partial charge in [-0.25, -0.2) is 0 Å². The van der Waals surface area contributed by atoms with Crippen LogP contribution in [0.25, 0.3) is 0 Å². The maximum absolute atomic E-state index is 14.5. The van der Waals surface area contributed by atoms with E-state index in [2.05, 4.69) is 19.6 Å². The highest BCUT2D eigenvalue weighted by Gasteiger charge is 2.38. The van der Waals surface area contributed by atoms with E-state index in [1.54, 1.807) is 26.0 Å². The summed E-state index contributed by atoms with van der Waals surface area (Å²) >= 11 is 0. The largest absolute Gasteiger partial charge is 0.416 e. The number of benzene rings is 5. The van der Waals surface area contributed by atoms with Crippen molar-refractivity contribution in [3.63, 3.8) is 0 Å². The van der Waals surface area contributed by atoms with Crippen molar-refractivity contribution in [2.45, 2.75) is 134 Å². The highest BCUT2D eigenvalue weighted by Crippen LogP contribution is 2.35. The Morgan fingerprint density at radius 2 is 0.864 bits per heavy atom. The lowest BCUT2D eigenvalue weighted by Crippen LogP contribution is -2.51. The summed E-state index contributed by atoms with van der Waals surface area (Å²) in [5.74, 6) is -0.899. The first-order valence-corrected chi connectivity index (χ1v) is 29.2. The molecule has 4 fully saturated rings. The zero-order valence-electron chi connectivity index (χ0n) is 47.2. The van der Waals surface area contributed by atoms with Crippen molar-refractivity contribution in [1.82, 2.24) is 29.4 Å². The molecule has 2 unspecified atom stereocenters. The van der Waals surface area contributed by atoms with Crippen LogP contribution in [-0.2, 0) is 46.1 Å². The van der Waals surface area contributed by atoms with Crippen LogP contribution in [-0.4, -0.2) is 131 Å². The molecule has 0 bridgehead atoms. The van der Waals surface area contributed by atoms with Gasteiger partial charge in [-0.1, -0.05) is 127 Å². The van der Waals surface area contributed by atoms with Crippen molar-refractivity contribution < 1.29 is 40.7 Å². The molecule has 81 heavy (non-hydrogen) atoms. The molecule has 16 heteroatoms. The molecule has 9 rings (SSSR count). The number of hydrogen-bond acceptors (Lipinski definition) is 7. The molecule has 0 spiro atoms. The van der Waals surface area contributed by atoms with Crippen LogP contribution < -0.4 is 5.73 Å². The van der Waals surface area contributed by atoms with E-state index in [-0.39, 0.29) is 31.3 Å². The van der Waals surface area contributed by atoms with Crippen LogP contribution in [0.15, 0.2) is 127 Å². The number of carbonyl (C=O) groups is 3. The molecule has 4 aliphatic rings. The van der Waals surface area contributed by atoms with Crippen molar-refractivity contribution >= 4 is 17.7 Å². The fraction of sp³-hybridized carbons (Fsp3) is 0.492. The van der Waals surface area contributed by atoms with Gasteiger partial charge in [0.25, 0.3) is 0 Å². The van der Waals surface area contributed by atoms with E-state index in [4.69, 9.17) is 5.73 Å². The molecule has 5 aromatic rings. The number of nitrogens with zero attached hydrogens (tertiary/aromatic N) is 6. The molecule has 2 atom stereocenters. The summed E-state index contributed by atoms with van der Waals surface area (Å²) in [6.45, 7) is 11.7. The molecular formula is C65H81F6N7O3. The van der Waals surface area contributed by atoms with Crippen LogP contribution in [0.5, 0.6) is 0 Å². The van der Waals surface area contributed by atoms with Crippen molar-refractivity contribution in [2.24, 2.45) is 5.73 Å². The number of alkyl halides is 6. The molecule has 4 heterocycles. The third kappa shape index (κ3) is 17.5. The van der Waals surface area contributed by atoms with Crippen molar-refractivity contribution in [3.05, 3.63) is 177 Å². The molecular weight excluding hydrogens is 1040 g/mol. The van der Waals surface area contributed by atoms with Crippen LogP contribution in [0.4, 0.5) is 26.3 Å². The van der Waals surface area contributed by atoms with Gasteiger partial charge in [-0.15, -0.1) is 0 Å². The smallest absolute Gasteiger partial charge is 0.368 e. The second-order valence-electron chi connectivity index (χ2n) is 22.7. The average Bonchev–Trinajstić information content (AvgIpc) is 3.47. The van der Waals surface area contributed by atoms with Crippen LogP contribution in [0.2, 0.25) is 0 Å². The monoisotopic (exact) mass is 1120 g/mol. The summed E-state index contributed by atoms with van der Waals surface area (Å²) in [4.78, 5) is 53.6. The van der Waals surface area contributed by atoms with E-state index < -0.39 is 41.5 Å². The minimum atomic E-state index is -4.46. The van der Waals surface area contributed by atoms with Crippen molar-refractivity contribution in [1.29, 1.82) is 0 Å². The quantitative estimate of drug-likeness (QED) is 0.0873. The zero-order chi connectivity index (χ0) is 57.5.